The number of hydrogen-bond donors (Lipinski definition) is 1. The Hall–Kier alpha value is -1.78. The first-order chi connectivity index (χ1) is 9.31. The molecule has 3 aromatic rings. The van der Waals surface area contributed by atoms with Gasteiger partial charge in [0, 0.05) is 19.3 Å². The first-order valence-electron chi connectivity index (χ1n) is 6.28. The average molecular weight is 269 g/mol. The molecule has 0 radical (unpaired) electrons. The molecular formula is C15H15N3S. The second-order valence-electron chi connectivity index (χ2n) is 4.51. The Labute approximate surface area is 116 Å². The molecule has 3 rings (SSSR count). The van der Waals surface area contributed by atoms with Crippen molar-refractivity contribution in [3.05, 3.63) is 58.9 Å². The molecule has 4 heteroatoms. The molecule has 2 aromatic heterocycles. The molecule has 0 atom stereocenters. The minimum absolute atomic E-state index is 0.774. The Morgan fingerprint density at radius 1 is 1.11 bits per heavy atom. The smallest absolute Gasteiger partial charge is 0.108 e. The first-order valence-corrected chi connectivity index (χ1v) is 7.09. The number of aryl methyl sites for hydroxylation is 1. The van der Waals surface area contributed by atoms with Gasteiger partial charge in [0.2, 0.25) is 0 Å². The summed E-state index contributed by atoms with van der Waals surface area (Å²) in [5.74, 6) is 0. The van der Waals surface area contributed by atoms with Gasteiger partial charge in [0.25, 0.3) is 0 Å². The quantitative estimate of drug-likeness (QED) is 0.789. The van der Waals surface area contributed by atoms with Gasteiger partial charge in [-0.2, -0.15) is 0 Å². The lowest BCUT2D eigenvalue weighted by molar-refractivity contribution is 0.677. The van der Waals surface area contributed by atoms with Crippen LogP contribution in [-0.2, 0) is 13.1 Å². The van der Waals surface area contributed by atoms with Crippen molar-refractivity contribution < 1.29 is 0 Å². The van der Waals surface area contributed by atoms with Crippen LogP contribution in [0.3, 0.4) is 0 Å². The lowest BCUT2D eigenvalue weighted by atomic mass is 10.3. The summed E-state index contributed by atoms with van der Waals surface area (Å²) >= 11 is 1.74. The van der Waals surface area contributed by atoms with Crippen LogP contribution in [-0.4, -0.2) is 9.97 Å². The molecule has 0 fully saturated rings. The van der Waals surface area contributed by atoms with E-state index in [-0.39, 0.29) is 0 Å². The third kappa shape index (κ3) is 2.97. The third-order valence-electron chi connectivity index (χ3n) is 2.89. The normalized spacial score (nSPS) is 11.0. The second kappa shape index (κ2) is 5.47. The summed E-state index contributed by atoms with van der Waals surface area (Å²) in [5.41, 5.74) is 3.33. The summed E-state index contributed by atoms with van der Waals surface area (Å²) in [7, 11) is 0. The van der Waals surface area contributed by atoms with Gasteiger partial charge in [-0.1, -0.05) is 18.2 Å². The van der Waals surface area contributed by atoms with Crippen molar-refractivity contribution in [3.8, 4) is 0 Å². The van der Waals surface area contributed by atoms with Crippen LogP contribution in [0, 0.1) is 6.92 Å². The molecule has 0 aliphatic carbocycles. The molecule has 0 unspecified atom stereocenters. The van der Waals surface area contributed by atoms with E-state index in [1.165, 1.54) is 10.3 Å². The second-order valence-corrected chi connectivity index (χ2v) is 5.62. The number of aromatic nitrogens is 2. The maximum atomic E-state index is 4.59. The van der Waals surface area contributed by atoms with Crippen molar-refractivity contribution in [2.45, 2.75) is 20.0 Å². The Morgan fingerprint density at radius 2 is 2.00 bits per heavy atom. The van der Waals surface area contributed by atoms with E-state index in [1.807, 2.05) is 25.3 Å². The first kappa shape index (κ1) is 12.3. The van der Waals surface area contributed by atoms with Crippen molar-refractivity contribution in [1.29, 1.82) is 0 Å². The van der Waals surface area contributed by atoms with Crippen LogP contribution in [0.5, 0.6) is 0 Å². The Bertz CT molecular complexity index is 640. The molecule has 0 spiro atoms. The maximum Gasteiger partial charge on any atom is 0.108 e. The minimum Gasteiger partial charge on any atom is -0.305 e. The summed E-state index contributed by atoms with van der Waals surface area (Å²) in [6.07, 6.45) is 1.90. The monoisotopic (exact) mass is 269 g/mol. The minimum atomic E-state index is 0.774. The van der Waals surface area contributed by atoms with Gasteiger partial charge >= 0.3 is 0 Å². The van der Waals surface area contributed by atoms with Crippen LogP contribution >= 0.6 is 11.3 Å². The molecule has 0 bridgehead atoms. The zero-order chi connectivity index (χ0) is 13.1. The number of fused-ring (bicyclic) bond motifs is 1. The van der Waals surface area contributed by atoms with Gasteiger partial charge in [-0.15, -0.1) is 11.3 Å². The fraction of sp³-hybridized carbons (Fsp3) is 0.200. The lowest BCUT2D eigenvalue weighted by Crippen LogP contribution is -2.13. The van der Waals surface area contributed by atoms with Crippen LogP contribution in [0.4, 0.5) is 0 Å². The van der Waals surface area contributed by atoms with E-state index in [1.54, 1.807) is 11.3 Å². The van der Waals surface area contributed by atoms with Crippen LogP contribution in [0.25, 0.3) is 10.2 Å². The predicted molar refractivity (Wildman–Crippen MR) is 79.1 cm³/mol. The summed E-state index contributed by atoms with van der Waals surface area (Å²) in [6.45, 7) is 3.61. The van der Waals surface area contributed by atoms with Crippen LogP contribution < -0.4 is 5.32 Å². The van der Waals surface area contributed by atoms with Gasteiger partial charge in [0.1, 0.15) is 5.01 Å². The van der Waals surface area contributed by atoms with E-state index in [0.29, 0.717) is 0 Å². The zero-order valence-corrected chi connectivity index (χ0v) is 11.6. The summed E-state index contributed by atoms with van der Waals surface area (Å²) in [5, 5.41) is 4.50. The molecule has 96 valence electrons. The summed E-state index contributed by atoms with van der Waals surface area (Å²) < 4.78 is 1.24. The highest BCUT2D eigenvalue weighted by Crippen LogP contribution is 2.21. The van der Waals surface area contributed by atoms with Crippen molar-refractivity contribution in [3.63, 3.8) is 0 Å². The van der Waals surface area contributed by atoms with E-state index in [2.05, 4.69) is 39.6 Å². The molecular weight excluding hydrogens is 254 g/mol. The van der Waals surface area contributed by atoms with Crippen LogP contribution in [0.15, 0.2) is 42.6 Å². The molecule has 1 N–H and O–H groups in total. The number of nitrogens with one attached hydrogen (secondary N) is 1. The van der Waals surface area contributed by atoms with E-state index in [0.717, 1.165) is 29.3 Å². The molecule has 3 nitrogen and oxygen atoms in total. The van der Waals surface area contributed by atoms with Crippen molar-refractivity contribution in [1.82, 2.24) is 15.3 Å². The topological polar surface area (TPSA) is 37.8 Å². The van der Waals surface area contributed by atoms with Gasteiger partial charge in [-0.3, -0.25) is 4.98 Å². The lowest BCUT2D eigenvalue weighted by Gasteiger charge is -2.02. The number of rotatable bonds is 4. The summed E-state index contributed by atoms with van der Waals surface area (Å²) in [6, 6.07) is 12.4. The Morgan fingerprint density at radius 3 is 2.79 bits per heavy atom. The summed E-state index contributed by atoms with van der Waals surface area (Å²) in [4.78, 5) is 8.97. The number of hydrogen-bond acceptors (Lipinski definition) is 4. The highest BCUT2D eigenvalue weighted by molar-refractivity contribution is 7.18. The number of para-hydroxylation sites is 1. The van der Waals surface area contributed by atoms with Crippen molar-refractivity contribution in [2.75, 3.05) is 0 Å². The molecule has 0 aliphatic rings. The third-order valence-corrected chi connectivity index (χ3v) is 3.93. The van der Waals surface area contributed by atoms with Crippen LogP contribution in [0.2, 0.25) is 0 Å². The fourth-order valence-electron chi connectivity index (χ4n) is 1.90. The standard InChI is InChI=1S/C15H15N3S/c1-11-6-7-12(17-8-11)9-16-10-15-18-13-4-2-3-5-14(13)19-15/h2-8,16H,9-10H2,1H3. The highest BCUT2D eigenvalue weighted by atomic mass is 32.1. The van der Waals surface area contributed by atoms with E-state index in [4.69, 9.17) is 0 Å². The van der Waals surface area contributed by atoms with Crippen molar-refractivity contribution in [2.24, 2.45) is 0 Å². The molecule has 0 saturated carbocycles. The highest BCUT2D eigenvalue weighted by Gasteiger charge is 2.02. The van der Waals surface area contributed by atoms with Gasteiger partial charge in [-0.25, -0.2) is 4.98 Å². The fourth-order valence-corrected chi connectivity index (χ4v) is 2.83. The van der Waals surface area contributed by atoms with Crippen molar-refractivity contribution >= 4 is 21.6 Å². The SMILES string of the molecule is Cc1ccc(CNCc2nc3ccccc3s2)nc1. The van der Waals surface area contributed by atoms with Gasteiger partial charge in [0.05, 0.1) is 15.9 Å². The number of pyridine rings is 1. The Balaban J connectivity index is 1.61. The predicted octanol–water partition coefficient (Wildman–Crippen LogP) is 3.29. The van der Waals surface area contributed by atoms with Gasteiger partial charge in [-0.05, 0) is 30.7 Å². The molecule has 0 saturated heterocycles. The average Bonchev–Trinajstić information content (AvgIpc) is 2.83. The largest absolute Gasteiger partial charge is 0.305 e. The van der Waals surface area contributed by atoms with E-state index >= 15 is 0 Å². The number of benzene rings is 1. The molecule has 19 heavy (non-hydrogen) atoms. The van der Waals surface area contributed by atoms with E-state index < -0.39 is 0 Å². The van der Waals surface area contributed by atoms with E-state index in [9.17, 15) is 0 Å². The molecule has 0 aliphatic heterocycles. The molecule has 0 amide bonds. The molecule has 1 aromatic carbocycles. The zero-order valence-electron chi connectivity index (χ0n) is 10.8. The number of nitrogens with zero attached hydrogens (tertiary/aromatic N) is 2. The van der Waals surface area contributed by atoms with Gasteiger partial charge < -0.3 is 5.32 Å². The molecule has 2 heterocycles. The van der Waals surface area contributed by atoms with Gasteiger partial charge in [0.15, 0.2) is 0 Å². The maximum absolute atomic E-state index is 4.59. The number of thiazole rings is 1. The Kier molecular flexibility index (Phi) is 3.53. The van der Waals surface area contributed by atoms with Crippen LogP contribution in [0.1, 0.15) is 16.3 Å².